The number of nitrogens with zero attached hydrogens (tertiary/aromatic N) is 2. The number of methoxy groups -OCH3 is 1. The summed E-state index contributed by atoms with van der Waals surface area (Å²) in [7, 11) is 3.68. The highest BCUT2D eigenvalue weighted by atomic mass is 16.6. The molecule has 0 aliphatic carbocycles. The molecule has 25 heavy (non-hydrogen) atoms. The molecule has 1 aliphatic heterocycles. The van der Waals surface area contributed by atoms with Crippen molar-refractivity contribution < 1.29 is 14.3 Å². The van der Waals surface area contributed by atoms with E-state index in [-0.39, 0.29) is 12.3 Å². The van der Waals surface area contributed by atoms with Gasteiger partial charge in [-0.2, -0.15) is 0 Å². The van der Waals surface area contributed by atoms with Crippen molar-refractivity contribution in [2.45, 2.75) is 19.1 Å². The Kier molecular flexibility index (Phi) is 5.56. The third kappa shape index (κ3) is 4.31. The summed E-state index contributed by atoms with van der Waals surface area (Å²) >= 11 is 0. The number of benzene rings is 2. The molecule has 0 saturated carbocycles. The maximum atomic E-state index is 12.2. The molecule has 0 spiro atoms. The number of rotatable bonds is 7. The smallest absolute Gasteiger partial charge is 0.411 e. The van der Waals surface area contributed by atoms with Crippen LogP contribution in [0.15, 0.2) is 54.6 Å². The number of carbonyl (C=O) groups is 1. The van der Waals surface area contributed by atoms with Gasteiger partial charge in [0.25, 0.3) is 0 Å². The third-order valence-electron chi connectivity index (χ3n) is 4.54. The van der Waals surface area contributed by atoms with Gasteiger partial charge in [-0.1, -0.05) is 42.5 Å². The molecule has 1 saturated heterocycles. The van der Waals surface area contributed by atoms with Gasteiger partial charge in [-0.15, -0.1) is 0 Å². The molecule has 0 bridgehead atoms. The topological polar surface area (TPSA) is 42.0 Å². The van der Waals surface area contributed by atoms with E-state index >= 15 is 0 Å². The minimum absolute atomic E-state index is 0.0533. The van der Waals surface area contributed by atoms with Crippen LogP contribution in [0.25, 0.3) is 0 Å². The van der Waals surface area contributed by atoms with Crippen LogP contribution >= 0.6 is 0 Å². The zero-order chi connectivity index (χ0) is 17.6. The van der Waals surface area contributed by atoms with E-state index in [0.29, 0.717) is 13.2 Å². The largest absolute Gasteiger partial charge is 0.497 e. The van der Waals surface area contributed by atoms with Crippen LogP contribution in [0.3, 0.4) is 0 Å². The molecule has 0 radical (unpaired) electrons. The van der Waals surface area contributed by atoms with Crippen molar-refractivity contribution in [1.82, 2.24) is 9.80 Å². The van der Waals surface area contributed by atoms with E-state index in [0.717, 1.165) is 24.3 Å². The lowest BCUT2D eigenvalue weighted by Gasteiger charge is -2.29. The first-order valence-corrected chi connectivity index (χ1v) is 8.48. The van der Waals surface area contributed by atoms with Crippen molar-refractivity contribution >= 4 is 6.09 Å². The highest BCUT2D eigenvalue weighted by Crippen LogP contribution is 2.21. The van der Waals surface area contributed by atoms with Gasteiger partial charge >= 0.3 is 6.09 Å². The average Bonchev–Trinajstić information content (AvgIpc) is 3.01. The molecule has 132 valence electrons. The van der Waals surface area contributed by atoms with Gasteiger partial charge in [-0.05, 0) is 36.7 Å². The molecule has 3 rings (SSSR count). The Balaban J connectivity index is 1.64. The third-order valence-corrected chi connectivity index (χ3v) is 4.54. The number of hydrogen-bond donors (Lipinski definition) is 0. The van der Waals surface area contributed by atoms with Crippen LogP contribution in [-0.2, 0) is 17.7 Å². The van der Waals surface area contributed by atoms with Gasteiger partial charge in [0, 0.05) is 6.54 Å². The van der Waals surface area contributed by atoms with E-state index in [2.05, 4.69) is 17.0 Å². The maximum Gasteiger partial charge on any atom is 0.411 e. The van der Waals surface area contributed by atoms with Crippen LogP contribution in [0.5, 0.6) is 5.75 Å². The Labute approximate surface area is 148 Å². The highest BCUT2D eigenvalue weighted by molar-refractivity contribution is 5.70. The predicted octanol–water partition coefficient (Wildman–Crippen LogP) is 3.15. The number of hydrogen-bond acceptors (Lipinski definition) is 4. The number of likely N-dealkylation sites (N-methyl/N-ethyl adjacent to an activating group) is 1. The lowest BCUT2D eigenvalue weighted by molar-refractivity contribution is 0.115. The van der Waals surface area contributed by atoms with Gasteiger partial charge in [0.1, 0.15) is 18.5 Å². The zero-order valence-electron chi connectivity index (χ0n) is 14.7. The average molecular weight is 340 g/mol. The lowest BCUT2D eigenvalue weighted by Crippen LogP contribution is -2.45. The summed E-state index contributed by atoms with van der Waals surface area (Å²) in [4.78, 5) is 16.1. The van der Waals surface area contributed by atoms with Crippen molar-refractivity contribution in [3.8, 4) is 5.75 Å². The molecular weight excluding hydrogens is 316 g/mol. The number of carbonyl (C=O) groups excluding carboxylic acids is 1. The number of cyclic esters (lactones) is 1. The fraction of sp³-hybridized carbons (Fsp3) is 0.350. The summed E-state index contributed by atoms with van der Waals surface area (Å²) in [5.74, 6) is 0.791. The predicted molar refractivity (Wildman–Crippen MR) is 96.4 cm³/mol. The molecule has 5 heteroatoms. The SMILES string of the molecule is COc1cccc(CN2C(=O)OC[C@H]2N(C)CCc2ccccc2)c1. The first-order chi connectivity index (χ1) is 12.2. The van der Waals surface area contributed by atoms with Crippen molar-refractivity contribution in [3.05, 3.63) is 65.7 Å². The second kappa shape index (κ2) is 8.03. The summed E-state index contributed by atoms with van der Waals surface area (Å²) in [6, 6.07) is 18.1. The highest BCUT2D eigenvalue weighted by Gasteiger charge is 2.35. The molecule has 0 N–H and O–H groups in total. The molecule has 0 aromatic heterocycles. The molecule has 2 aromatic carbocycles. The van der Waals surface area contributed by atoms with Crippen molar-refractivity contribution in [3.63, 3.8) is 0 Å². The van der Waals surface area contributed by atoms with Crippen molar-refractivity contribution in [2.75, 3.05) is 27.3 Å². The van der Waals surface area contributed by atoms with Gasteiger partial charge in [0.2, 0.25) is 0 Å². The fourth-order valence-electron chi connectivity index (χ4n) is 3.04. The summed E-state index contributed by atoms with van der Waals surface area (Å²) in [5.41, 5.74) is 2.32. The van der Waals surface area contributed by atoms with E-state index in [1.807, 2.05) is 49.5 Å². The second-order valence-electron chi connectivity index (χ2n) is 6.25. The van der Waals surface area contributed by atoms with Gasteiger partial charge in [0.15, 0.2) is 0 Å². The molecule has 1 fully saturated rings. The minimum atomic E-state index is -0.264. The van der Waals surface area contributed by atoms with Gasteiger partial charge < -0.3 is 9.47 Å². The van der Waals surface area contributed by atoms with E-state index in [1.54, 1.807) is 12.0 Å². The quantitative estimate of drug-likeness (QED) is 0.776. The molecular formula is C20H24N2O3. The fourth-order valence-corrected chi connectivity index (χ4v) is 3.04. The molecule has 5 nitrogen and oxygen atoms in total. The lowest BCUT2D eigenvalue weighted by atomic mass is 10.1. The molecule has 2 aromatic rings. The number of amides is 1. The molecule has 1 aliphatic rings. The second-order valence-corrected chi connectivity index (χ2v) is 6.25. The van der Waals surface area contributed by atoms with Crippen molar-refractivity contribution in [1.29, 1.82) is 0 Å². The number of ether oxygens (including phenoxy) is 2. The van der Waals surface area contributed by atoms with Crippen LogP contribution in [0.1, 0.15) is 11.1 Å². The normalized spacial score (nSPS) is 17.0. The summed E-state index contributed by atoms with van der Waals surface area (Å²) in [6.45, 7) is 1.77. The van der Waals surface area contributed by atoms with Crippen LogP contribution in [0.4, 0.5) is 4.79 Å². The monoisotopic (exact) mass is 340 g/mol. The van der Waals surface area contributed by atoms with Gasteiger partial charge in [0.05, 0.1) is 13.7 Å². The summed E-state index contributed by atoms with van der Waals surface area (Å²) in [5, 5.41) is 0. The zero-order valence-corrected chi connectivity index (χ0v) is 14.7. The summed E-state index contributed by atoms with van der Waals surface area (Å²) in [6.07, 6.45) is 0.622. The summed E-state index contributed by atoms with van der Waals surface area (Å²) < 4.78 is 10.6. The Morgan fingerprint density at radius 2 is 1.92 bits per heavy atom. The van der Waals surface area contributed by atoms with E-state index in [1.165, 1.54) is 5.56 Å². The molecule has 1 amide bonds. The van der Waals surface area contributed by atoms with E-state index in [9.17, 15) is 4.79 Å². The van der Waals surface area contributed by atoms with Gasteiger partial charge in [-0.3, -0.25) is 9.80 Å². The molecule has 1 heterocycles. The first-order valence-electron chi connectivity index (χ1n) is 8.48. The first kappa shape index (κ1) is 17.3. The minimum Gasteiger partial charge on any atom is -0.497 e. The van der Waals surface area contributed by atoms with E-state index < -0.39 is 0 Å². The van der Waals surface area contributed by atoms with Gasteiger partial charge in [-0.25, -0.2) is 4.79 Å². The van der Waals surface area contributed by atoms with E-state index in [4.69, 9.17) is 9.47 Å². The molecule has 0 unspecified atom stereocenters. The van der Waals surface area contributed by atoms with Crippen LogP contribution in [0, 0.1) is 0 Å². The Morgan fingerprint density at radius 1 is 1.16 bits per heavy atom. The Bertz CT molecular complexity index is 705. The van der Waals surface area contributed by atoms with Crippen LogP contribution in [0.2, 0.25) is 0 Å². The standard InChI is InChI=1S/C20H24N2O3/c1-21(12-11-16-7-4-3-5-8-16)19-15-25-20(23)22(19)14-17-9-6-10-18(13-17)24-2/h3-10,13,19H,11-12,14-15H2,1-2H3/t19-/m0/s1. The van der Waals surface area contributed by atoms with Crippen molar-refractivity contribution in [2.24, 2.45) is 0 Å². The Hall–Kier alpha value is -2.53. The van der Waals surface area contributed by atoms with Crippen LogP contribution < -0.4 is 4.74 Å². The maximum absolute atomic E-state index is 12.2. The van der Waals surface area contributed by atoms with Crippen LogP contribution in [-0.4, -0.2) is 49.4 Å². The molecule has 1 atom stereocenters. The Morgan fingerprint density at radius 3 is 2.68 bits per heavy atom.